The molecule has 1 aliphatic heterocycles. The molecule has 1 aliphatic carbocycles. The summed E-state index contributed by atoms with van der Waals surface area (Å²) >= 11 is 7.79. The highest BCUT2D eigenvalue weighted by molar-refractivity contribution is 7.22. The van der Waals surface area contributed by atoms with E-state index in [4.69, 9.17) is 11.6 Å². The minimum atomic E-state index is -1.27. The minimum Gasteiger partial charge on any atom is -0.505 e. The van der Waals surface area contributed by atoms with Gasteiger partial charge < -0.3 is 5.11 Å². The first kappa shape index (κ1) is 25.5. The summed E-state index contributed by atoms with van der Waals surface area (Å²) in [6, 6.07) is 11.7. The number of thiophene rings is 1. The SMILES string of the molecule is C=CC1=CCC2C(=O)N(c3cc(-c4sc5ccc(Cl)cc5c4C)nn3C)C(=O)C2(C)C1c1cccc(F)c1O. The van der Waals surface area contributed by atoms with Crippen molar-refractivity contribution in [2.24, 2.45) is 18.4 Å². The molecular weight excluding hydrogens is 537 g/mol. The molecule has 4 aromatic rings. The van der Waals surface area contributed by atoms with Crippen LogP contribution in [0.5, 0.6) is 5.75 Å². The van der Waals surface area contributed by atoms with E-state index in [0.717, 1.165) is 26.6 Å². The van der Waals surface area contributed by atoms with Crippen LogP contribution in [-0.4, -0.2) is 26.7 Å². The minimum absolute atomic E-state index is 0.251. The lowest BCUT2D eigenvalue weighted by molar-refractivity contribution is -0.127. The van der Waals surface area contributed by atoms with Crippen LogP contribution in [0.15, 0.2) is 66.8 Å². The van der Waals surface area contributed by atoms with Gasteiger partial charge in [-0.05, 0) is 61.1 Å². The summed E-state index contributed by atoms with van der Waals surface area (Å²) in [5.74, 6) is -3.19. The van der Waals surface area contributed by atoms with Gasteiger partial charge >= 0.3 is 0 Å². The lowest BCUT2D eigenvalue weighted by atomic mass is 9.60. The number of hydrogen-bond donors (Lipinski definition) is 1. The number of hydrogen-bond acceptors (Lipinski definition) is 5. The van der Waals surface area contributed by atoms with Gasteiger partial charge in [0.25, 0.3) is 0 Å². The zero-order valence-corrected chi connectivity index (χ0v) is 23.1. The molecule has 1 saturated heterocycles. The highest BCUT2D eigenvalue weighted by atomic mass is 35.5. The molecule has 0 spiro atoms. The first-order valence-electron chi connectivity index (χ1n) is 12.5. The van der Waals surface area contributed by atoms with Crippen molar-refractivity contribution in [1.82, 2.24) is 9.78 Å². The summed E-state index contributed by atoms with van der Waals surface area (Å²) in [6.07, 6.45) is 3.78. The van der Waals surface area contributed by atoms with E-state index in [1.165, 1.54) is 11.0 Å². The zero-order valence-electron chi connectivity index (χ0n) is 21.5. The number of carbonyl (C=O) groups excluding carboxylic acids is 2. The molecule has 0 saturated carbocycles. The Morgan fingerprint density at radius 1 is 1.26 bits per heavy atom. The molecule has 0 bridgehead atoms. The molecule has 3 atom stereocenters. The third-order valence-corrected chi connectivity index (χ3v) is 9.74. The van der Waals surface area contributed by atoms with Gasteiger partial charge in [-0.15, -0.1) is 11.3 Å². The summed E-state index contributed by atoms with van der Waals surface area (Å²) in [6.45, 7) is 7.61. The molecule has 1 N–H and O–H groups in total. The Hall–Kier alpha value is -3.75. The average molecular weight is 562 g/mol. The van der Waals surface area contributed by atoms with Gasteiger partial charge in [-0.3, -0.25) is 14.3 Å². The number of amides is 2. The van der Waals surface area contributed by atoms with Gasteiger partial charge in [-0.25, -0.2) is 9.29 Å². The van der Waals surface area contributed by atoms with Crippen LogP contribution in [0.2, 0.25) is 5.02 Å². The van der Waals surface area contributed by atoms with Crippen molar-refractivity contribution in [1.29, 1.82) is 0 Å². The Kier molecular flexibility index (Phi) is 5.82. The molecule has 39 heavy (non-hydrogen) atoms. The zero-order chi connectivity index (χ0) is 27.8. The molecule has 6 rings (SSSR count). The Bertz CT molecular complexity index is 1760. The molecule has 1 fully saturated rings. The second-order valence-electron chi connectivity index (χ2n) is 10.3. The summed E-state index contributed by atoms with van der Waals surface area (Å²) < 4.78 is 17.0. The maximum Gasteiger partial charge on any atom is 0.242 e. The van der Waals surface area contributed by atoms with Crippen molar-refractivity contribution in [3.63, 3.8) is 0 Å². The van der Waals surface area contributed by atoms with Crippen LogP contribution in [0, 0.1) is 24.1 Å². The van der Waals surface area contributed by atoms with Crippen LogP contribution in [0.3, 0.4) is 0 Å². The summed E-state index contributed by atoms with van der Waals surface area (Å²) in [4.78, 5) is 30.3. The van der Waals surface area contributed by atoms with Crippen molar-refractivity contribution in [3.8, 4) is 16.3 Å². The van der Waals surface area contributed by atoms with E-state index in [9.17, 15) is 19.1 Å². The number of para-hydroxylation sites is 1. The highest BCUT2D eigenvalue weighted by Crippen LogP contribution is 2.58. The number of nitrogens with zero attached hydrogens (tertiary/aromatic N) is 3. The van der Waals surface area contributed by atoms with E-state index in [2.05, 4.69) is 11.7 Å². The number of fused-ring (bicyclic) bond motifs is 2. The first-order valence-corrected chi connectivity index (χ1v) is 13.7. The monoisotopic (exact) mass is 561 g/mol. The van der Waals surface area contributed by atoms with Gasteiger partial charge in [0.15, 0.2) is 11.6 Å². The summed E-state index contributed by atoms with van der Waals surface area (Å²) in [5.41, 5.74) is 1.31. The topological polar surface area (TPSA) is 75.4 Å². The van der Waals surface area contributed by atoms with E-state index < -0.39 is 34.7 Å². The molecule has 9 heteroatoms. The van der Waals surface area contributed by atoms with Gasteiger partial charge in [0.2, 0.25) is 11.8 Å². The number of phenolic OH excluding ortho intramolecular Hbond substituents is 1. The number of carbonyl (C=O) groups is 2. The average Bonchev–Trinajstić information content (AvgIpc) is 3.50. The third-order valence-electron chi connectivity index (χ3n) is 8.21. The number of anilines is 1. The fourth-order valence-corrected chi connectivity index (χ4v) is 7.51. The van der Waals surface area contributed by atoms with Crippen LogP contribution < -0.4 is 4.90 Å². The van der Waals surface area contributed by atoms with Crippen molar-refractivity contribution in [2.45, 2.75) is 26.2 Å². The summed E-state index contributed by atoms with van der Waals surface area (Å²) in [5, 5.41) is 17.0. The molecule has 2 amide bonds. The molecule has 3 unspecified atom stereocenters. The maximum absolute atomic E-state index is 14.4. The van der Waals surface area contributed by atoms with Gasteiger partial charge in [0.1, 0.15) is 11.5 Å². The number of imide groups is 1. The van der Waals surface area contributed by atoms with Crippen LogP contribution in [0.4, 0.5) is 10.2 Å². The van der Waals surface area contributed by atoms with Crippen molar-refractivity contribution < 1.29 is 19.1 Å². The van der Waals surface area contributed by atoms with Crippen LogP contribution in [-0.2, 0) is 16.6 Å². The van der Waals surface area contributed by atoms with Gasteiger partial charge in [-0.1, -0.05) is 42.5 Å². The van der Waals surface area contributed by atoms with Crippen molar-refractivity contribution in [3.05, 3.63) is 88.7 Å². The Morgan fingerprint density at radius 3 is 2.77 bits per heavy atom. The normalized spacial score (nSPS) is 22.9. The first-order chi connectivity index (χ1) is 18.6. The van der Waals surface area contributed by atoms with Gasteiger partial charge in [-0.2, -0.15) is 5.10 Å². The fourth-order valence-electron chi connectivity index (χ4n) is 6.19. The number of halogens is 2. The van der Waals surface area contributed by atoms with Crippen LogP contribution in [0.25, 0.3) is 20.7 Å². The molecule has 0 radical (unpaired) electrons. The van der Waals surface area contributed by atoms with Crippen LogP contribution >= 0.6 is 22.9 Å². The van der Waals surface area contributed by atoms with Crippen LogP contribution in [0.1, 0.15) is 30.4 Å². The number of phenols is 1. The predicted molar refractivity (Wildman–Crippen MR) is 152 cm³/mol. The van der Waals surface area contributed by atoms with E-state index in [-0.39, 0.29) is 11.5 Å². The molecule has 6 nitrogen and oxygen atoms in total. The number of aromatic hydroxyl groups is 1. The molecule has 3 heterocycles. The van der Waals surface area contributed by atoms with Crippen molar-refractivity contribution in [2.75, 3.05) is 4.90 Å². The molecule has 2 aromatic carbocycles. The van der Waals surface area contributed by atoms with E-state index in [0.29, 0.717) is 28.5 Å². The number of benzene rings is 2. The standard InChI is InChI=1S/C30H25ClFN3O3S/c1-5-16-9-11-20-28(37)35(29(38)30(20,3)25(16)18-7-6-8-21(32)26(18)36)24-14-22(33-34(24)4)27-15(2)19-13-17(31)10-12-23(19)39-27/h5-10,12-14,20,25,36H,1,11H2,2-4H3. The molecule has 2 aliphatic rings. The lowest BCUT2D eigenvalue weighted by Crippen LogP contribution is -2.42. The molecular formula is C30H25ClFN3O3S. The largest absolute Gasteiger partial charge is 0.505 e. The lowest BCUT2D eigenvalue weighted by Gasteiger charge is -2.40. The fraction of sp³-hybridized carbons (Fsp3) is 0.233. The number of aryl methyl sites for hydroxylation is 2. The Labute approximate surface area is 233 Å². The van der Waals surface area contributed by atoms with E-state index in [1.54, 1.807) is 48.2 Å². The van der Waals surface area contributed by atoms with E-state index >= 15 is 0 Å². The Morgan fingerprint density at radius 2 is 2.03 bits per heavy atom. The number of rotatable bonds is 4. The summed E-state index contributed by atoms with van der Waals surface area (Å²) in [7, 11) is 1.70. The number of allylic oxidation sites excluding steroid dienone is 3. The predicted octanol–water partition coefficient (Wildman–Crippen LogP) is 6.90. The van der Waals surface area contributed by atoms with E-state index in [1.807, 2.05) is 31.2 Å². The highest BCUT2D eigenvalue weighted by Gasteiger charge is 2.63. The van der Waals surface area contributed by atoms with Gasteiger partial charge in [0.05, 0.1) is 16.2 Å². The molecule has 2 aromatic heterocycles. The number of aromatic nitrogens is 2. The van der Waals surface area contributed by atoms with Gasteiger partial charge in [0, 0.05) is 34.3 Å². The Balaban J connectivity index is 1.46. The van der Waals surface area contributed by atoms with Crippen molar-refractivity contribution >= 4 is 50.7 Å². The third kappa shape index (κ3) is 3.54. The second-order valence-corrected chi connectivity index (χ2v) is 11.8. The molecule has 198 valence electrons. The second kappa shape index (κ2) is 8.89. The smallest absolute Gasteiger partial charge is 0.242 e. The quantitative estimate of drug-likeness (QED) is 0.275. The maximum atomic E-state index is 14.4.